The third-order valence-electron chi connectivity index (χ3n) is 3.33. The number of anilines is 2. The molecule has 19 heavy (non-hydrogen) atoms. The van der Waals surface area contributed by atoms with Gasteiger partial charge < -0.3 is 10.2 Å². The molecule has 0 spiro atoms. The fourth-order valence-corrected chi connectivity index (χ4v) is 2.30. The van der Waals surface area contributed by atoms with Crippen LogP contribution in [0, 0.1) is 5.92 Å². The topological polar surface area (TPSA) is 41.1 Å². The molecule has 1 saturated carbocycles. The van der Waals surface area contributed by atoms with Crippen molar-refractivity contribution in [3.63, 3.8) is 0 Å². The number of aromatic nitrogens is 2. The predicted octanol–water partition coefficient (Wildman–Crippen LogP) is 3.10. The predicted molar refractivity (Wildman–Crippen MR) is 80.8 cm³/mol. The molecule has 1 aliphatic rings. The van der Waals surface area contributed by atoms with Gasteiger partial charge in [-0.25, -0.2) is 9.97 Å². The molecule has 0 radical (unpaired) electrons. The molecule has 0 aromatic carbocycles. The van der Waals surface area contributed by atoms with Crippen LogP contribution in [-0.2, 0) is 6.42 Å². The summed E-state index contributed by atoms with van der Waals surface area (Å²) in [7, 11) is 1.92. The highest BCUT2D eigenvalue weighted by atomic mass is 15.2. The van der Waals surface area contributed by atoms with Crippen molar-refractivity contribution < 1.29 is 0 Å². The van der Waals surface area contributed by atoms with Gasteiger partial charge in [0.2, 0.25) is 0 Å². The van der Waals surface area contributed by atoms with E-state index in [1.165, 1.54) is 12.8 Å². The number of rotatable bonds is 7. The maximum absolute atomic E-state index is 4.76. The Kier molecular flexibility index (Phi) is 4.61. The molecule has 1 aliphatic carbocycles. The minimum absolute atomic E-state index is 0.656. The zero-order valence-electron chi connectivity index (χ0n) is 12.6. The largest absolute Gasteiger partial charge is 0.373 e. The van der Waals surface area contributed by atoms with Gasteiger partial charge in [0.1, 0.15) is 17.5 Å². The van der Waals surface area contributed by atoms with E-state index in [2.05, 4.69) is 42.0 Å². The van der Waals surface area contributed by atoms with E-state index in [1.807, 2.05) is 7.05 Å². The lowest BCUT2D eigenvalue weighted by Gasteiger charge is -2.26. The zero-order valence-corrected chi connectivity index (χ0v) is 12.6. The van der Waals surface area contributed by atoms with Gasteiger partial charge in [0, 0.05) is 32.1 Å². The quantitative estimate of drug-likeness (QED) is 0.820. The number of nitrogens with zero attached hydrogens (tertiary/aromatic N) is 3. The van der Waals surface area contributed by atoms with E-state index in [0.717, 1.165) is 36.8 Å². The van der Waals surface area contributed by atoms with Crippen LogP contribution < -0.4 is 10.2 Å². The monoisotopic (exact) mass is 262 g/mol. The third kappa shape index (κ3) is 3.82. The van der Waals surface area contributed by atoms with E-state index in [0.29, 0.717) is 12.0 Å². The number of hydrogen-bond acceptors (Lipinski definition) is 4. The van der Waals surface area contributed by atoms with Gasteiger partial charge in [-0.3, -0.25) is 0 Å². The molecule has 0 bridgehead atoms. The maximum Gasteiger partial charge on any atom is 0.134 e. The fourth-order valence-electron chi connectivity index (χ4n) is 2.30. The lowest BCUT2D eigenvalue weighted by atomic mass is 10.2. The van der Waals surface area contributed by atoms with Crippen LogP contribution in [0.3, 0.4) is 0 Å². The molecule has 1 aromatic heterocycles. The van der Waals surface area contributed by atoms with Crippen LogP contribution in [0.15, 0.2) is 6.07 Å². The first kappa shape index (κ1) is 14.1. The van der Waals surface area contributed by atoms with Crippen molar-refractivity contribution in [3.8, 4) is 0 Å². The van der Waals surface area contributed by atoms with Crippen molar-refractivity contribution in [2.24, 2.45) is 5.92 Å². The van der Waals surface area contributed by atoms with Crippen molar-refractivity contribution in [1.82, 2.24) is 9.97 Å². The van der Waals surface area contributed by atoms with Crippen LogP contribution in [0.1, 0.15) is 45.9 Å². The lowest BCUT2D eigenvalue weighted by Crippen LogP contribution is -2.31. The Labute approximate surface area is 116 Å². The Hall–Kier alpha value is -1.32. The van der Waals surface area contributed by atoms with Gasteiger partial charge in [-0.15, -0.1) is 0 Å². The third-order valence-corrected chi connectivity index (χ3v) is 3.33. The average Bonchev–Trinajstić information content (AvgIpc) is 3.20. The van der Waals surface area contributed by atoms with Crippen molar-refractivity contribution in [3.05, 3.63) is 11.9 Å². The minimum Gasteiger partial charge on any atom is -0.373 e. The van der Waals surface area contributed by atoms with Crippen molar-refractivity contribution in [2.75, 3.05) is 23.8 Å². The standard InChI is InChI=1S/C15H26N4/c1-5-6-13-17-14(16-4)9-15(18-13)19(10-11(2)3)12-7-8-12/h9,11-12H,5-8,10H2,1-4H3,(H,16,17,18). The van der Waals surface area contributed by atoms with E-state index in [9.17, 15) is 0 Å². The summed E-state index contributed by atoms with van der Waals surface area (Å²) < 4.78 is 0. The van der Waals surface area contributed by atoms with Gasteiger partial charge in [0.25, 0.3) is 0 Å². The number of nitrogens with one attached hydrogen (secondary N) is 1. The lowest BCUT2D eigenvalue weighted by molar-refractivity contribution is 0.601. The average molecular weight is 262 g/mol. The molecule has 0 aliphatic heterocycles. The first-order valence-electron chi connectivity index (χ1n) is 7.46. The molecule has 2 rings (SSSR count). The maximum atomic E-state index is 4.76. The summed E-state index contributed by atoms with van der Waals surface area (Å²) in [5.74, 6) is 3.64. The second-order valence-electron chi connectivity index (χ2n) is 5.80. The van der Waals surface area contributed by atoms with Gasteiger partial charge in [-0.1, -0.05) is 20.8 Å². The molecule has 0 atom stereocenters. The van der Waals surface area contributed by atoms with E-state index in [1.54, 1.807) is 0 Å². The second-order valence-corrected chi connectivity index (χ2v) is 5.80. The summed E-state index contributed by atoms with van der Waals surface area (Å²) in [5, 5.41) is 3.16. The van der Waals surface area contributed by atoms with E-state index >= 15 is 0 Å². The molecule has 1 fully saturated rings. The normalized spacial score (nSPS) is 14.8. The van der Waals surface area contributed by atoms with E-state index < -0.39 is 0 Å². The van der Waals surface area contributed by atoms with Crippen LogP contribution in [-0.4, -0.2) is 29.6 Å². The summed E-state index contributed by atoms with van der Waals surface area (Å²) in [6.07, 6.45) is 4.63. The Morgan fingerprint density at radius 2 is 2.11 bits per heavy atom. The molecular weight excluding hydrogens is 236 g/mol. The van der Waals surface area contributed by atoms with E-state index in [4.69, 9.17) is 4.98 Å². The summed E-state index contributed by atoms with van der Waals surface area (Å²) >= 11 is 0. The highest BCUT2D eigenvalue weighted by Gasteiger charge is 2.30. The smallest absolute Gasteiger partial charge is 0.134 e. The molecule has 0 saturated heterocycles. The molecule has 0 amide bonds. The summed E-state index contributed by atoms with van der Waals surface area (Å²) in [6, 6.07) is 2.77. The summed E-state index contributed by atoms with van der Waals surface area (Å²) in [6.45, 7) is 7.78. The molecule has 1 N–H and O–H groups in total. The molecule has 4 heteroatoms. The highest BCUT2D eigenvalue weighted by molar-refractivity contribution is 5.50. The van der Waals surface area contributed by atoms with Gasteiger partial charge in [-0.2, -0.15) is 0 Å². The van der Waals surface area contributed by atoms with Crippen molar-refractivity contribution >= 4 is 11.6 Å². The molecule has 1 aromatic rings. The van der Waals surface area contributed by atoms with Gasteiger partial charge in [-0.05, 0) is 25.2 Å². The van der Waals surface area contributed by atoms with Gasteiger partial charge in [0.15, 0.2) is 0 Å². The summed E-state index contributed by atoms with van der Waals surface area (Å²) in [4.78, 5) is 11.8. The first-order chi connectivity index (χ1) is 9.13. The highest BCUT2D eigenvalue weighted by Crippen LogP contribution is 2.32. The van der Waals surface area contributed by atoms with Gasteiger partial charge in [0.05, 0.1) is 0 Å². The Morgan fingerprint density at radius 1 is 1.37 bits per heavy atom. The number of aryl methyl sites for hydroxylation is 1. The molecule has 1 heterocycles. The van der Waals surface area contributed by atoms with Crippen molar-refractivity contribution in [1.29, 1.82) is 0 Å². The number of hydrogen-bond donors (Lipinski definition) is 1. The Bertz CT molecular complexity index is 413. The zero-order chi connectivity index (χ0) is 13.8. The summed E-state index contributed by atoms with van der Waals surface area (Å²) in [5.41, 5.74) is 0. The Balaban J connectivity index is 2.26. The van der Waals surface area contributed by atoms with Crippen LogP contribution in [0.25, 0.3) is 0 Å². The Morgan fingerprint density at radius 3 is 2.63 bits per heavy atom. The van der Waals surface area contributed by atoms with Crippen LogP contribution >= 0.6 is 0 Å². The van der Waals surface area contributed by atoms with Crippen LogP contribution in [0.5, 0.6) is 0 Å². The molecular formula is C15H26N4. The SMILES string of the molecule is CCCc1nc(NC)cc(N(CC(C)C)C2CC2)n1. The second kappa shape index (κ2) is 6.22. The molecule has 0 unspecified atom stereocenters. The minimum atomic E-state index is 0.656. The van der Waals surface area contributed by atoms with Crippen molar-refractivity contribution in [2.45, 2.75) is 52.5 Å². The first-order valence-corrected chi connectivity index (χ1v) is 7.46. The van der Waals surface area contributed by atoms with Gasteiger partial charge >= 0.3 is 0 Å². The van der Waals surface area contributed by atoms with Crippen LogP contribution in [0.2, 0.25) is 0 Å². The van der Waals surface area contributed by atoms with Crippen LogP contribution in [0.4, 0.5) is 11.6 Å². The molecule has 4 nitrogen and oxygen atoms in total. The van der Waals surface area contributed by atoms with E-state index in [-0.39, 0.29) is 0 Å². The fraction of sp³-hybridized carbons (Fsp3) is 0.733. The molecule has 106 valence electrons.